The normalized spacial score (nSPS) is 19.7. The maximum atomic E-state index is 12.3. The van der Waals surface area contributed by atoms with Crippen molar-refractivity contribution in [2.45, 2.75) is 36.6 Å². The first-order valence-corrected chi connectivity index (χ1v) is 8.98. The number of hydrogen-bond donors (Lipinski definition) is 2. The molecule has 2 atom stereocenters. The van der Waals surface area contributed by atoms with Crippen molar-refractivity contribution in [3.05, 3.63) is 59.7 Å². The number of aryl methyl sites for hydroxylation is 1. The van der Waals surface area contributed by atoms with Gasteiger partial charge >= 0.3 is 0 Å². The summed E-state index contributed by atoms with van der Waals surface area (Å²) in [6.45, 7) is 3.94. The molecule has 116 valence electrons. The Morgan fingerprint density at radius 3 is 2.68 bits per heavy atom. The van der Waals surface area contributed by atoms with Gasteiger partial charge in [-0.05, 0) is 37.6 Å². The molecule has 3 rings (SSSR count). The van der Waals surface area contributed by atoms with Crippen LogP contribution in [0.15, 0.2) is 53.4 Å². The summed E-state index contributed by atoms with van der Waals surface area (Å²) in [5.74, 6) is 0. The number of hydrogen-bond acceptors (Lipinski definition) is 3. The molecule has 22 heavy (non-hydrogen) atoms. The van der Waals surface area contributed by atoms with Crippen LogP contribution in [-0.4, -0.2) is 16.5 Å². The third-order valence-electron chi connectivity index (χ3n) is 3.95. The number of rotatable bonds is 6. The molecule has 4 heteroatoms. The van der Waals surface area contributed by atoms with Crippen LogP contribution in [0, 0.1) is 6.92 Å². The second kappa shape index (κ2) is 7.18. The van der Waals surface area contributed by atoms with Gasteiger partial charge in [-0.15, -0.1) is 0 Å². The molecule has 0 saturated heterocycles. The zero-order valence-corrected chi connectivity index (χ0v) is 13.7. The first-order valence-electron chi connectivity index (χ1n) is 7.76. The van der Waals surface area contributed by atoms with Gasteiger partial charge in [-0.25, -0.2) is 0 Å². The molecule has 2 aromatic rings. The van der Waals surface area contributed by atoms with E-state index in [0.29, 0.717) is 0 Å². The van der Waals surface area contributed by atoms with E-state index in [4.69, 9.17) is 0 Å². The molecular formula is C18H22N2OS. The molecule has 0 saturated carbocycles. The topological polar surface area (TPSA) is 47.1 Å². The highest BCUT2D eigenvalue weighted by atomic mass is 32.2. The predicted molar refractivity (Wildman–Crippen MR) is 92.4 cm³/mol. The van der Waals surface area contributed by atoms with Crippen LogP contribution in [0.2, 0.25) is 0 Å². The van der Waals surface area contributed by atoms with Gasteiger partial charge in [0.1, 0.15) is 0 Å². The fourth-order valence-electron chi connectivity index (χ4n) is 2.67. The standard InChI is InChI=1S/C18H22N2OS/c1-14-8-10-15(11-9-14)13-19-12-4-7-18-20-16-5-2-3-6-17(16)22(18)21/h2-3,5-6,8-11,18-20H,4,7,12-13H2,1H3. The van der Waals surface area contributed by atoms with E-state index in [0.717, 1.165) is 36.5 Å². The maximum Gasteiger partial charge on any atom is 0.191 e. The molecule has 0 spiro atoms. The lowest BCUT2D eigenvalue weighted by Gasteiger charge is -2.14. The monoisotopic (exact) mass is 314 g/mol. The van der Waals surface area contributed by atoms with E-state index in [1.807, 2.05) is 24.3 Å². The molecule has 0 bridgehead atoms. The van der Waals surface area contributed by atoms with E-state index in [-0.39, 0.29) is 5.37 Å². The summed E-state index contributed by atoms with van der Waals surface area (Å²) in [7, 11) is 0. The molecule has 2 unspecified atom stereocenters. The quantitative estimate of drug-likeness (QED) is 0.634. The molecule has 1 aliphatic rings. The van der Waals surface area contributed by atoms with Crippen LogP contribution in [0.4, 0.5) is 5.69 Å². The second-order valence-corrected chi connectivity index (χ2v) is 7.33. The van der Waals surface area contributed by atoms with Gasteiger partial charge in [0.05, 0.1) is 5.69 Å². The van der Waals surface area contributed by atoms with Crippen molar-refractivity contribution in [2.24, 2.45) is 0 Å². The van der Waals surface area contributed by atoms with Crippen molar-refractivity contribution >= 4 is 16.9 Å². The first kappa shape index (κ1) is 15.4. The third-order valence-corrected chi connectivity index (χ3v) is 5.61. The van der Waals surface area contributed by atoms with Crippen LogP contribution in [0.3, 0.4) is 0 Å². The summed E-state index contributed by atoms with van der Waals surface area (Å²) in [4.78, 5) is 0.945. The Kier molecular flexibility index (Phi) is 5.03. The fourth-order valence-corrected chi connectivity index (χ4v) is 4.15. The highest BCUT2D eigenvalue weighted by molar-refractivity contribution is 7.92. The molecule has 0 aromatic heterocycles. The van der Waals surface area contributed by atoms with Crippen molar-refractivity contribution < 1.29 is 4.55 Å². The van der Waals surface area contributed by atoms with Crippen LogP contribution in [0.1, 0.15) is 24.0 Å². The van der Waals surface area contributed by atoms with E-state index in [2.05, 4.69) is 41.8 Å². The summed E-state index contributed by atoms with van der Waals surface area (Å²) in [5, 5.41) is 6.88. The predicted octanol–water partition coefficient (Wildman–Crippen LogP) is 3.42. The maximum absolute atomic E-state index is 12.3. The van der Waals surface area contributed by atoms with E-state index in [1.54, 1.807) is 0 Å². The molecule has 0 fully saturated rings. The van der Waals surface area contributed by atoms with Gasteiger partial charge in [-0.3, -0.25) is 0 Å². The van der Waals surface area contributed by atoms with Crippen LogP contribution < -0.4 is 10.6 Å². The fraction of sp³-hybridized carbons (Fsp3) is 0.333. The Morgan fingerprint density at radius 1 is 1.14 bits per heavy atom. The van der Waals surface area contributed by atoms with E-state index in [1.165, 1.54) is 11.1 Å². The zero-order valence-electron chi connectivity index (χ0n) is 12.8. The van der Waals surface area contributed by atoms with Crippen molar-refractivity contribution in [3.63, 3.8) is 0 Å². The summed E-state index contributed by atoms with van der Waals surface area (Å²) in [5.41, 5.74) is 3.62. The molecule has 3 nitrogen and oxygen atoms in total. The lowest BCUT2D eigenvalue weighted by molar-refractivity contribution is 0.571. The third kappa shape index (κ3) is 3.64. The number of fused-ring (bicyclic) bond motifs is 1. The lowest BCUT2D eigenvalue weighted by atomic mass is 10.1. The highest BCUT2D eigenvalue weighted by Crippen LogP contribution is 2.34. The van der Waals surface area contributed by atoms with Crippen molar-refractivity contribution in [1.29, 1.82) is 0 Å². The first-order chi connectivity index (χ1) is 10.7. The van der Waals surface area contributed by atoms with Gasteiger partial charge in [-0.1, -0.05) is 42.0 Å². The average molecular weight is 314 g/mol. The van der Waals surface area contributed by atoms with Crippen LogP contribution >= 0.6 is 0 Å². The van der Waals surface area contributed by atoms with Gasteiger partial charge in [-0.2, -0.15) is 0 Å². The highest BCUT2D eigenvalue weighted by Gasteiger charge is 2.33. The Labute approximate surface area is 135 Å². The Bertz CT molecular complexity index is 615. The molecule has 0 radical (unpaired) electrons. The van der Waals surface area contributed by atoms with Gasteiger partial charge in [0, 0.05) is 24.1 Å². The van der Waals surface area contributed by atoms with Crippen molar-refractivity contribution in [3.8, 4) is 0 Å². The van der Waals surface area contributed by atoms with Crippen molar-refractivity contribution in [2.75, 3.05) is 11.9 Å². The molecule has 1 aliphatic heterocycles. The largest absolute Gasteiger partial charge is 0.610 e. The summed E-state index contributed by atoms with van der Waals surface area (Å²) in [6, 6.07) is 16.5. The van der Waals surface area contributed by atoms with Crippen LogP contribution in [-0.2, 0) is 17.7 Å². The molecule has 0 amide bonds. The van der Waals surface area contributed by atoms with Gasteiger partial charge in [0.2, 0.25) is 0 Å². The smallest absolute Gasteiger partial charge is 0.191 e. The van der Waals surface area contributed by atoms with Gasteiger partial charge in [0.25, 0.3) is 0 Å². The molecular weight excluding hydrogens is 292 g/mol. The minimum absolute atomic E-state index is 0.0542. The average Bonchev–Trinajstić information content (AvgIpc) is 2.86. The second-order valence-electron chi connectivity index (χ2n) is 5.73. The van der Waals surface area contributed by atoms with Gasteiger partial charge < -0.3 is 15.2 Å². The Hall–Kier alpha value is -1.49. The van der Waals surface area contributed by atoms with Crippen LogP contribution in [0.25, 0.3) is 0 Å². The zero-order chi connectivity index (χ0) is 15.4. The minimum atomic E-state index is -0.919. The number of nitrogens with one attached hydrogen (secondary N) is 2. The SMILES string of the molecule is Cc1ccc(CNCCCC2Nc3ccccc3[S+]2[O-])cc1. The van der Waals surface area contributed by atoms with E-state index >= 15 is 0 Å². The number of anilines is 1. The Morgan fingerprint density at radius 2 is 1.91 bits per heavy atom. The minimum Gasteiger partial charge on any atom is -0.610 e. The number of para-hydroxylation sites is 1. The summed E-state index contributed by atoms with van der Waals surface area (Å²) < 4.78 is 12.3. The van der Waals surface area contributed by atoms with Crippen molar-refractivity contribution in [1.82, 2.24) is 5.32 Å². The Balaban J connectivity index is 1.38. The van der Waals surface area contributed by atoms with E-state index < -0.39 is 11.2 Å². The summed E-state index contributed by atoms with van der Waals surface area (Å²) in [6.07, 6.45) is 1.94. The van der Waals surface area contributed by atoms with E-state index in [9.17, 15) is 4.55 Å². The number of benzene rings is 2. The molecule has 1 heterocycles. The molecule has 2 aromatic carbocycles. The summed E-state index contributed by atoms with van der Waals surface area (Å²) >= 11 is -0.919. The lowest BCUT2D eigenvalue weighted by Crippen LogP contribution is -2.24. The molecule has 0 aliphatic carbocycles. The van der Waals surface area contributed by atoms with Gasteiger partial charge in [0.15, 0.2) is 10.3 Å². The van der Waals surface area contributed by atoms with Crippen LogP contribution in [0.5, 0.6) is 0 Å². The molecule has 2 N–H and O–H groups in total.